The van der Waals surface area contributed by atoms with E-state index < -0.39 is 0 Å². The molecule has 2 aromatic rings. The summed E-state index contributed by atoms with van der Waals surface area (Å²) in [5, 5.41) is 4.52. The van der Waals surface area contributed by atoms with Crippen molar-refractivity contribution in [2.75, 3.05) is 37.6 Å². The number of aromatic nitrogens is 2. The molecule has 3 rings (SSSR count). The lowest BCUT2D eigenvalue weighted by Crippen LogP contribution is -2.40. The summed E-state index contributed by atoms with van der Waals surface area (Å²) >= 11 is 0. The Hall–Kier alpha value is -2.67. The van der Waals surface area contributed by atoms with Crippen LogP contribution < -0.4 is 4.90 Å². The molecule has 0 fully saturated rings. The molecule has 1 aliphatic heterocycles. The summed E-state index contributed by atoms with van der Waals surface area (Å²) in [7, 11) is 1.95. The highest BCUT2D eigenvalue weighted by molar-refractivity contribution is 5.94. The van der Waals surface area contributed by atoms with E-state index in [0.29, 0.717) is 50.7 Å². The third-order valence-corrected chi connectivity index (χ3v) is 7.29. The number of carbonyl (C=O) groups excluding carboxylic acids is 2. The summed E-state index contributed by atoms with van der Waals surface area (Å²) in [5.41, 5.74) is 5.27. The van der Waals surface area contributed by atoms with E-state index in [2.05, 4.69) is 50.7 Å². The second-order valence-electron chi connectivity index (χ2n) is 11.4. The zero-order valence-electron chi connectivity index (χ0n) is 24.1. The van der Waals surface area contributed by atoms with Gasteiger partial charge < -0.3 is 14.7 Å². The van der Waals surface area contributed by atoms with Crippen LogP contribution in [0.5, 0.6) is 0 Å². The number of aryl methyl sites for hydroxylation is 2. The summed E-state index contributed by atoms with van der Waals surface area (Å²) in [6, 6.07) is 8.13. The number of nitrogens with zero attached hydrogens (tertiary/aromatic N) is 5. The second-order valence-corrected chi connectivity index (χ2v) is 11.4. The molecule has 0 radical (unpaired) electrons. The van der Waals surface area contributed by atoms with Gasteiger partial charge in [-0.25, -0.2) is 0 Å². The first kappa shape index (κ1) is 28.9. The topological polar surface area (TPSA) is 61.7 Å². The van der Waals surface area contributed by atoms with Crippen LogP contribution in [0.2, 0.25) is 0 Å². The Kier molecular flexibility index (Phi) is 10.3. The lowest BCUT2D eigenvalue weighted by Gasteiger charge is -2.29. The monoisotopic (exact) mass is 509 g/mol. The van der Waals surface area contributed by atoms with Gasteiger partial charge in [-0.2, -0.15) is 5.10 Å². The third kappa shape index (κ3) is 7.91. The number of fused-ring (bicyclic) bond motifs is 1. The molecule has 204 valence electrons. The maximum atomic E-state index is 13.6. The van der Waals surface area contributed by atoms with Gasteiger partial charge in [-0.05, 0) is 62.3 Å². The molecule has 37 heavy (non-hydrogen) atoms. The fraction of sp³-hybridized carbons (Fsp3) is 0.633. The van der Waals surface area contributed by atoms with Crippen molar-refractivity contribution in [3.05, 3.63) is 46.8 Å². The molecule has 0 saturated heterocycles. The highest BCUT2D eigenvalue weighted by Gasteiger charge is 2.24. The SMILES string of the molecule is Cc1nn(C)c(C)c1CCC(=O)N1CCN(CC(C)C)CCCN(C(=O)CC(C)C)c2ccccc2C1. The van der Waals surface area contributed by atoms with Gasteiger partial charge in [0.25, 0.3) is 0 Å². The Balaban J connectivity index is 1.89. The lowest BCUT2D eigenvalue weighted by atomic mass is 10.1. The van der Waals surface area contributed by atoms with Crippen molar-refractivity contribution in [3.63, 3.8) is 0 Å². The summed E-state index contributed by atoms with van der Waals surface area (Å²) in [6.45, 7) is 17.4. The molecule has 0 atom stereocenters. The third-order valence-electron chi connectivity index (χ3n) is 7.29. The predicted molar refractivity (Wildman–Crippen MR) is 151 cm³/mol. The smallest absolute Gasteiger partial charge is 0.227 e. The van der Waals surface area contributed by atoms with Gasteiger partial charge in [0.1, 0.15) is 0 Å². The van der Waals surface area contributed by atoms with Crippen molar-refractivity contribution in [1.29, 1.82) is 0 Å². The fourth-order valence-corrected chi connectivity index (χ4v) is 5.34. The molecule has 2 heterocycles. The van der Waals surface area contributed by atoms with E-state index in [1.54, 1.807) is 0 Å². The van der Waals surface area contributed by atoms with Crippen LogP contribution in [0.25, 0.3) is 0 Å². The highest BCUT2D eigenvalue weighted by atomic mass is 16.2. The molecule has 2 amide bonds. The van der Waals surface area contributed by atoms with E-state index in [1.807, 2.05) is 46.7 Å². The first-order valence-corrected chi connectivity index (χ1v) is 13.9. The molecular formula is C30H47N5O2. The van der Waals surface area contributed by atoms with Crippen LogP contribution in [0.1, 0.15) is 69.5 Å². The average Bonchev–Trinajstić information content (AvgIpc) is 3.05. The Morgan fingerprint density at radius 1 is 0.946 bits per heavy atom. The number of rotatable bonds is 7. The number of benzene rings is 1. The zero-order chi connectivity index (χ0) is 27.1. The summed E-state index contributed by atoms with van der Waals surface area (Å²) in [6.07, 6.45) is 2.59. The van der Waals surface area contributed by atoms with Gasteiger partial charge >= 0.3 is 0 Å². The zero-order valence-corrected chi connectivity index (χ0v) is 24.1. The predicted octanol–water partition coefficient (Wildman–Crippen LogP) is 4.74. The molecule has 1 aliphatic rings. The van der Waals surface area contributed by atoms with Gasteiger partial charge in [-0.15, -0.1) is 0 Å². The lowest BCUT2D eigenvalue weighted by molar-refractivity contribution is -0.132. The van der Waals surface area contributed by atoms with Crippen molar-refractivity contribution in [1.82, 2.24) is 19.6 Å². The Bertz CT molecular complexity index is 1060. The molecule has 0 spiro atoms. The number of amides is 2. The van der Waals surface area contributed by atoms with Crippen LogP contribution in [0, 0.1) is 25.7 Å². The van der Waals surface area contributed by atoms with Gasteiger partial charge in [0.15, 0.2) is 0 Å². The molecule has 0 aliphatic carbocycles. The van der Waals surface area contributed by atoms with Crippen LogP contribution >= 0.6 is 0 Å². The Morgan fingerprint density at radius 3 is 2.32 bits per heavy atom. The summed E-state index contributed by atoms with van der Waals surface area (Å²) in [5.74, 6) is 1.16. The maximum absolute atomic E-state index is 13.6. The molecule has 7 nitrogen and oxygen atoms in total. The molecule has 0 unspecified atom stereocenters. The first-order valence-electron chi connectivity index (χ1n) is 13.9. The van der Waals surface area contributed by atoms with Gasteiger partial charge in [-0.1, -0.05) is 45.9 Å². The number of anilines is 1. The average molecular weight is 510 g/mol. The van der Waals surface area contributed by atoms with E-state index in [1.165, 1.54) is 5.56 Å². The minimum Gasteiger partial charge on any atom is -0.337 e. The van der Waals surface area contributed by atoms with Gasteiger partial charge in [0.2, 0.25) is 11.8 Å². The largest absolute Gasteiger partial charge is 0.337 e. The molecule has 1 aromatic carbocycles. The van der Waals surface area contributed by atoms with E-state index in [4.69, 9.17) is 0 Å². The number of carbonyl (C=O) groups is 2. The number of hydrogen-bond donors (Lipinski definition) is 0. The van der Waals surface area contributed by atoms with Crippen LogP contribution in [-0.4, -0.2) is 64.1 Å². The highest BCUT2D eigenvalue weighted by Crippen LogP contribution is 2.25. The summed E-state index contributed by atoms with van der Waals surface area (Å²) < 4.78 is 1.89. The van der Waals surface area contributed by atoms with Crippen molar-refractivity contribution >= 4 is 17.5 Å². The minimum absolute atomic E-state index is 0.154. The first-order chi connectivity index (χ1) is 17.6. The standard InChI is InChI=1S/C30H47N5O2/c1-22(2)19-30(37)35-16-10-15-33(20-23(3)4)17-18-34(21-26-11-8-9-12-28(26)35)29(36)14-13-27-24(5)31-32(7)25(27)6/h8-9,11-12,22-23H,10,13-21H2,1-7H3. The van der Waals surface area contributed by atoms with Crippen molar-refractivity contribution < 1.29 is 9.59 Å². The van der Waals surface area contributed by atoms with Crippen molar-refractivity contribution in [3.8, 4) is 0 Å². The van der Waals surface area contributed by atoms with Crippen molar-refractivity contribution in [2.24, 2.45) is 18.9 Å². The molecule has 7 heteroatoms. The maximum Gasteiger partial charge on any atom is 0.227 e. The van der Waals surface area contributed by atoms with Crippen molar-refractivity contribution in [2.45, 2.75) is 73.8 Å². The summed E-state index contributed by atoms with van der Waals surface area (Å²) in [4.78, 5) is 33.4. The Morgan fingerprint density at radius 2 is 1.68 bits per heavy atom. The molecule has 0 bridgehead atoms. The van der Waals surface area contributed by atoms with E-state index >= 15 is 0 Å². The van der Waals surface area contributed by atoms with E-state index in [9.17, 15) is 9.59 Å². The van der Waals surface area contributed by atoms with E-state index in [0.717, 1.165) is 48.7 Å². The van der Waals surface area contributed by atoms with Gasteiger partial charge in [0.05, 0.1) is 5.69 Å². The van der Waals surface area contributed by atoms with Crippen LogP contribution in [-0.2, 0) is 29.6 Å². The minimum atomic E-state index is 0.154. The molecular weight excluding hydrogens is 462 g/mol. The van der Waals surface area contributed by atoms with E-state index in [-0.39, 0.29) is 11.8 Å². The quantitative estimate of drug-likeness (QED) is 0.541. The molecule has 0 N–H and O–H groups in total. The van der Waals surface area contributed by atoms with Crippen LogP contribution in [0.4, 0.5) is 5.69 Å². The Labute approximate surface area is 223 Å². The van der Waals surface area contributed by atoms with Gasteiger partial charge in [-0.3, -0.25) is 14.3 Å². The molecule has 1 aromatic heterocycles. The van der Waals surface area contributed by atoms with Crippen LogP contribution in [0.15, 0.2) is 24.3 Å². The number of hydrogen-bond acceptors (Lipinski definition) is 4. The van der Waals surface area contributed by atoms with Crippen LogP contribution in [0.3, 0.4) is 0 Å². The number of para-hydroxylation sites is 1. The van der Waals surface area contributed by atoms with Gasteiger partial charge in [0, 0.05) is 64.0 Å². The molecule has 0 saturated carbocycles. The fourth-order valence-electron chi connectivity index (χ4n) is 5.34. The normalized spacial score (nSPS) is 15.7. The second kappa shape index (κ2) is 13.2.